The summed E-state index contributed by atoms with van der Waals surface area (Å²) in [6, 6.07) is 9.87. The third kappa shape index (κ3) is 4.87. The number of hydrogen-bond donors (Lipinski definition) is 1. The van der Waals surface area contributed by atoms with E-state index in [0.29, 0.717) is 6.04 Å². The molecule has 0 radical (unpaired) electrons. The fourth-order valence-corrected chi connectivity index (χ4v) is 6.88. The molecule has 2 aliphatic heterocycles. The Morgan fingerprint density at radius 2 is 2.11 bits per heavy atom. The van der Waals surface area contributed by atoms with Crippen LogP contribution in [0.4, 0.5) is 14.5 Å². The summed E-state index contributed by atoms with van der Waals surface area (Å²) < 4.78 is 27.7. The number of halogens is 3. The zero-order valence-electron chi connectivity index (χ0n) is 20.1. The van der Waals surface area contributed by atoms with E-state index in [-0.39, 0.29) is 12.1 Å². The highest BCUT2D eigenvalue weighted by Gasteiger charge is 2.30. The molecule has 3 aromatic heterocycles. The number of alkyl halides is 2. The fourth-order valence-electron chi connectivity index (χ4n) is 5.52. The maximum atomic E-state index is 12.7. The average molecular weight is 542 g/mol. The summed E-state index contributed by atoms with van der Waals surface area (Å²) in [5.41, 5.74) is 5.42. The Kier molecular flexibility index (Phi) is 6.69. The summed E-state index contributed by atoms with van der Waals surface area (Å²) in [5.74, 6) is 0. The predicted molar refractivity (Wildman–Crippen MR) is 144 cm³/mol. The normalized spacial score (nSPS) is 17.6. The van der Waals surface area contributed by atoms with Gasteiger partial charge in [-0.3, -0.25) is 9.78 Å². The molecule has 1 aromatic carbocycles. The van der Waals surface area contributed by atoms with E-state index in [2.05, 4.69) is 32.4 Å². The second kappa shape index (κ2) is 10.1. The molecule has 4 aromatic rings. The van der Waals surface area contributed by atoms with Crippen molar-refractivity contribution < 1.29 is 8.78 Å². The standard InChI is InChI=1S/C27H26ClF2N5OS/c28-18-10-17-2-1-7-34(19-3-5-31-14-19)26(17)22(11-18)21-4-6-32-23-12-20(37-27(21)23)15-35-25(36)9-16(13-33-35)8-24(29)30/h4,6,9-13,19,24,31H,1-3,5,7-8,14-15H2/t19-/m0/s1. The van der Waals surface area contributed by atoms with Crippen LogP contribution in [-0.4, -0.2) is 46.9 Å². The van der Waals surface area contributed by atoms with Crippen LogP contribution in [0, 0.1) is 0 Å². The SMILES string of the molecule is O=c1cc(CC(F)F)cnn1Cc1cc2nccc(-c3cc(Cl)cc4c3N([C@H]3CCNC3)CCC4)c2s1. The number of benzene rings is 1. The number of hydrogen-bond acceptors (Lipinski definition) is 6. The second-order valence-corrected chi connectivity index (χ2v) is 11.2. The minimum Gasteiger partial charge on any atom is -0.366 e. The highest BCUT2D eigenvalue weighted by molar-refractivity contribution is 7.19. The first-order chi connectivity index (χ1) is 18.0. The Morgan fingerprint density at radius 1 is 1.22 bits per heavy atom. The van der Waals surface area contributed by atoms with Crippen LogP contribution >= 0.6 is 22.9 Å². The molecular weight excluding hydrogens is 516 g/mol. The minimum atomic E-state index is -2.51. The summed E-state index contributed by atoms with van der Waals surface area (Å²) in [6.07, 6.45) is 3.40. The smallest absolute Gasteiger partial charge is 0.267 e. The number of fused-ring (bicyclic) bond motifs is 2. The lowest BCUT2D eigenvalue weighted by Crippen LogP contribution is -2.40. The molecule has 6 rings (SSSR count). The maximum Gasteiger partial charge on any atom is 0.267 e. The van der Waals surface area contributed by atoms with Gasteiger partial charge in [0.15, 0.2) is 0 Å². The molecule has 6 nitrogen and oxygen atoms in total. The van der Waals surface area contributed by atoms with Crippen molar-refractivity contribution in [2.75, 3.05) is 24.5 Å². The quantitative estimate of drug-likeness (QED) is 0.366. The van der Waals surface area contributed by atoms with Crippen LogP contribution in [0.5, 0.6) is 0 Å². The Balaban J connectivity index is 1.40. The van der Waals surface area contributed by atoms with E-state index in [9.17, 15) is 13.6 Å². The number of aromatic nitrogens is 3. The summed E-state index contributed by atoms with van der Waals surface area (Å²) in [5, 5.41) is 8.35. The topological polar surface area (TPSA) is 63.1 Å². The molecule has 0 unspecified atom stereocenters. The Bertz CT molecular complexity index is 1510. The van der Waals surface area contributed by atoms with Gasteiger partial charge in [-0.05, 0) is 61.2 Å². The molecule has 0 amide bonds. The van der Waals surface area contributed by atoms with E-state index in [1.165, 1.54) is 28.2 Å². The van der Waals surface area contributed by atoms with Crippen molar-refractivity contribution in [2.45, 2.75) is 44.7 Å². The maximum absolute atomic E-state index is 12.7. The molecule has 0 saturated carbocycles. The molecule has 0 aliphatic carbocycles. The van der Waals surface area contributed by atoms with Crippen LogP contribution in [0.2, 0.25) is 5.02 Å². The van der Waals surface area contributed by atoms with Gasteiger partial charge in [0.2, 0.25) is 6.43 Å². The summed E-state index contributed by atoms with van der Waals surface area (Å²) in [6.45, 7) is 3.29. The van der Waals surface area contributed by atoms with Gasteiger partial charge in [0.05, 0.1) is 23.0 Å². The largest absolute Gasteiger partial charge is 0.366 e. The van der Waals surface area contributed by atoms with Crippen molar-refractivity contribution in [3.05, 3.63) is 74.1 Å². The van der Waals surface area contributed by atoms with Crippen molar-refractivity contribution in [3.63, 3.8) is 0 Å². The van der Waals surface area contributed by atoms with E-state index in [4.69, 9.17) is 11.6 Å². The lowest BCUT2D eigenvalue weighted by Gasteiger charge is -2.38. The van der Waals surface area contributed by atoms with Crippen molar-refractivity contribution in [1.29, 1.82) is 0 Å². The van der Waals surface area contributed by atoms with Gasteiger partial charge in [0.25, 0.3) is 5.56 Å². The predicted octanol–water partition coefficient (Wildman–Crippen LogP) is 5.14. The number of nitrogens with one attached hydrogen (secondary N) is 1. The van der Waals surface area contributed by atoms with Crippen LogP contribution in [0.15, 0.2) is 47.5 Å². The van der Waals surface area contributed by atoms with Gasteiger partial charge >= 0.3 is 0 Å². The lowest BCUT2D eigenvalue weighted by atomic mass is 9.92. The monoisotopic (exact) mass is 541 g/mol. The molecular formula is C27H26ClF2N5OS. The number of aryl methyl sites for hydroxylation is 1. The van der Waals surface area contributed by atoms with Gasteiger partial charge in [-0.1, -0.05) is 11.6 Å². The first kappa shape index (κ1) is 24.5. The van der Waals surface area contributed by atoms with E-state index in [1.807, 2.05) is 18.3 Å². The van der Waals surface area contributed by atoms with Crippen molar-refractivity contribution >= 4 is 38.8 Å². The number of thiophene rings is 1. The minimum absolute atomic E-state index is 0.240. The number of pyridine rings is 1. The van der Waals surface area contributed by atoms with Crippen LogP contribution in [0.1, 0.15) is 28.8 Å². The molecule has 192 valence electrons. The van der Waals surface area contributed by atoms with E-state index >= 15 is 0 Å². The van der Waals surface area contributed by atoms with E-state index < -0.39 is 18.4 Å². The van der Waals surface area contributed by atoms with E-state index in [1.54, 1.807) is 11.3 Å². The zero-order valence-corrected chi connectivity index (χ0v) is 21.7. The lowest BCUT2D eigenvalue weighted by molar-refractivity contribution is 0.149. The average Bonchev–Trinajstić information content (AvgIpc) is 3.54. The van der Waals surface area contributed by atoms with Crippen molar-refractivity contribution in [1.82, 2.24) is 20.1 Å². The van der Waals surface area contributed by atoms with Gasteiger partial charge in [0, 0.05) is 64.5 Å². The molecule has 1 saturated heterocycles. The Hall–Kier alpha value is -2.88. The Morgan fingerprint density at radius 3 is 2.89 bits per heavy atom. The highest BCUT2D eigenvalue weighted by atomic mass is 35.5. The second-order valence-electron chi connectivity index (χ2n) is 9.65. The molecule has 1 atom stereocenters. The number of anilines is 1. The molecule has 0 spiro atoms. The molecule has 10 heteroatoms. The van der Waals surface area contributed by atoms with Crippen LogP contribution in [0.3, 0.4) is 0 Å². The summed E-state index contributed by atoms with van der Waals surface area (Å²) in [7, 11) is 0. The number of rotatable bonds is 6. The molecule has 1 N–H and O–H groups in total. The van der Waals surface area contributed by atoms with Gasteiger partial charge < -0.3 is 10.2 Å². The van der Waals surface area contributed by atoms with Gasteiger partial charge in [-0.25, -0.2) is 13.5 Å². The van der Waals surface area contributed by atoms with Crippen molar-refractivity contribution in [3.8, 4) is 11.1 Å². The molecule has 5 heterocycles. The van der Waals surface area contributed by atoms with Crippen LogP contribution < -0.4 is 15.8 Å². The summed E-state index contributed by atoms with van der Waals surface area (Å²) >= 11 is 8.20. The first-order valence-corrected chi connectivity index (χ1v) is 13.7. The summed E-state index contributed by atoms with van der Waals surface area (Å²) in [4.78, 5) is 20.6. The van der Waals surface area contributed by atoms with Crippen LogP contribution in [0.25, 0.3) is 21.3 Å². The fraction of sp³-hybridized carbons (Fsp3) is 0.370. The van der Waals surface area contributed by atoms with Crippen LogP contribution in [-0.2, 0) is 19.4 Å². The number of nitrogens with zero attached hydrogens (tertiary/aromatic N) is 4. The third-order valence-corrected chi connectivity index (χ3v) is 8.50. The third-order valence-electron chi connectivity index (χ3n) is 7.14. The van der Waals surface area contributed by atoms with Crippen molar-refractivity contribution in [2.24, 2.45) is 0 Å². The Labute approximate surface area is 221 Å². The van der Waals surface area contributed by atoms with E-state index in [0.717, 1.165) is 70.1 Å². The zero-order chi connectivity index (χ0) is 25.5. The van der Waals surface area contributed by atoms with Gasteiger partial charge in [-0.15, -0.1) is 11.3 Å². The molecule has 1 fully saturated rings. The highest BCUT2D eigenvalue weighted by Crippen LogP contribution is 2.44. The molecule has 0 bridgehead atoms. The molecule has 2 aliphatic rings. The molecule has 37 heavy (non-hydrogen) atoms. The van der Waals surface area contributed by atoms with Gasteiger partial charge in [0.1, 0.15) is 0 Å². The first-order valence-electron chi connectivity index (χ1n) is 12.5. The van der Waals surface area contributed by atoms with Gasteiger partial charge in [-0.2, -0.15) is 5.10 Å².